The standard InChI is InChI=1S/C85H136O17P2/c1-5-9-13-17-21-25-29-33-36-39-42-46-49-53-57-61-65-69-82(87)95-75-80(101-84(89)71-67-63-59-55-51-45-32-28-24-20-16-12-8-4)77-99-103(91,92)97-73-79(86)74-98-104(93,94)100-78-81(102-85(90)72-68-64-60-56-52-48-44-41-38-35-31-27-23-19-15-11-7-3)76-96-83(88)70-66-62-58-54-50-47-43-40-37-34-30-26-22-18-14-10-6-2/h9-11,13-16,20-23,25-28,32-38,42-43,46-47,53-54,57-58,79-81,86H,5-8,12,17-19,24,29-31,39-41,44-45,48-52,55-56,59-78H2,1-4H3,(H,91,92)(H,93,94)/b13-9-,14-10-,15-11-,20-16-,25-21-,26-22-,27-23-,32-28-,36-33-,37-34-,38-35-,46-42-,47-43-,57-53-,58-54-. The Hall–Kier alpha value is -5.84. The molecule has 3 N–H and O–H groups in total. The van der Waals surface area contributed by atoms with Crippen molar-refractivity contribution in [1.29, 1.82) is 0 Å². The number of unbranched alkanes of at least 4 members (excludes halogenated alkanes) is 15. The highest BCUT2D eigenvalue weighted by Crippen LogP contribution is 2.45. The monoisotopic (exact) mass is 1490 g/mol. The first-order valence-electron chi connectivity index (χ1n) is 39.0. The number of aliphatic hydroxyl groups is 1. The Morgan fingerprint density at radius 2 is 0.510 bits per heavy atom. The van der Waals surface area contributed by atoms with Gasteiger partial charge in [-0.2, -0.15) is 0 Å². The SMILES string of the molecule is CC/C=C\C/C=C\C/C=C\C/C=C\C/C=C\CCCC(=O)OCC(COP(=O)(O)OCC(O)COP(=O)(O)OCC(COC(=O)CCC/C=C\C/C=C\C/C=C\C/C=C\C/C=C\CC)OC(=O)CCCCCCCCC/C=C\C/C=C\C/C=C\CC)OC(=O)CCCCCCC/C=C\C/C=C\CCC. The Balaban J connectivity index is 5.49. The minimum absolute atomic E-state index is 0.0584. The third kappa shape index (κ3) is 74.4. The van der Waals surface area contributed by atoms with Gasteiger partial charge in [0.05, 0.1) is 26.4 Å². The normalized spacial score (nSPS) is 14.9. The van der Waals surface area contributed by atoms with Crippen LogP contribution in [0.2, 0.25) is 0 Å². The van der Waals surface area contributed by atoms with Crippen molar-refractivity contribution in [2.45, 2.75) is 290 Å². The number of hydrogen-bond acceptors (Lipinski definition) is 15. The molecule has 19 heteroatoms. The lowest BCUT2D eigenvalue weighted by molar-refractivity contribution is -0.161. The second-order valence-corrected chi connectivity index (χ2v) is 28.1. The number of aliphatic hydroxyl groups excluding tert-OH is 1. The topological polar surface area (TPSA) is 237 Å². The van der Waals surface area contributed by atoms with E-state index in [1.54, 1.807) is 0 Å². The molecule has 0 saturated heterocycles. The highest BCUT2D eigenvalue weighted by atomic mass is 31.2. The van der Waals surface area contributed by atoms with Gasteiger partial charge in [-0.15, -0.1) is 0 Å². The number of esters is 4. The van der Waals surface area contributed by atoms with Gasteiger partial charge in [0.2, 0.25) is 0 Å². The molecule has 17 nitrogen and oxygen atoms in total. The molecule has 5 atom stereocenters. The van der Waals surface area contributed by atoms with Crippen LogP contribution in [0.25, 0.3) is 0 Å². The maximum absolute atomic E-state index is 13.1. The summed E-state index contributed by atoms with van der Waals surface area (Å²) in [4.78, 5) is 73.0. The molecule has 0 radical (unpaired) electrons. The van der Waals surface area contributed by atoms with Crippen molar-refractivity contribution < 1.29 is 80.2 Å². The van der Waals surface area contributed by atoms with E-state index in [0.717, 1.165) is 180 Å². The van der Waals surface area contributed by atoms with Gasteiger partial charge in [-0.1, -0.05) is 268 Å². The zero-order chi connectivity index (χ0) is 76.0. The predicted molar refractivity (Wildman–Crippen MR) is 426 cm³/mol. The van der Waals surface area contributed by atoms with Crippen LogP contribution in [0.3, 0.4) is 0 Å². The number of rotatable bonds is 71. The van der Waals surface area contributed by atoms with E-state index in [4.69, 9.17) is 37.0 Å². The van der Waals surface area contributed by atoms with Gasteiger partial charge in [0.25, 0.3) is 0 Å². The molecule has 0 amide bonds. The first kappa shape index (κ1) is 98.2. The number of ether oxygens (including phenoxy) is 4. The van der Waals surface area contributed by atoms with Crippen molar-refractivity contribution in [2.75, 3.05) is 39.6 Å². The molecule has 0 rings (SSSR count). The Morgan fingerprint density at radius 3 is 0.798 bits per heavy atom. The van der Waals surface area contributed by atoms with Crippen molar-refractivity contribution >= 4 is 39.5 Å². The quantitative estimate of drug-likeness (QED) is 0.0169. The number of phosphoric acid groups is 2. The average Bonchev–Trinajstić information content (AvgIpc) is 0.910. The van der Waals surface area contributed by atoms with Crippen LogP contribution >= 0.6 is 15.6 Å². The largest absolute Gasteiger partial charge is 0.472 e. The Labute approximate surface area is 628 Å². The number of phosphoric ester groups is 2. The van der Waals surface area contributed by atoms with Crippen LogP contribution in [0.4, 0.5) is 0 Å². The summed E-state index contributed by atoms with van der Waals surface area (Å²) < 4.78 is 68.4. The van der Waals surface area contributed by atoms with Gasteiger partial charge >= 0.3 is 39.5 Å². The van der Waals surface area contributed by atoms with E-state index in [2.05, 4.69) is 186 Å². The van der Waals surface area contributed by atoms with Gasteiger partial charge in [-0.25, -0.2) is 9.13 Å². The Kier molecular flexibility index (Phi) is 71.2. The van der Waals surface area contributed by atoms with Gasteiger partial charge in [-0.05, 0) is 161 Å². The molecular weight excluding hydrogens is 1350 g/mol. The molecule has 0 heterocycles. The van der Waals surface area contributed by atoms with E-state index in [9.17, 15) is 43.2 Å². The highest BCUT2D eigenvalue weighted by Gasteiger charge is 2.30. The van der Waals surface area contributed by atoms with Crippen LogP contribution in [0.15, 0.2) is 182 Å². The summed E-state index contributed by atoms with van der Waals surface area (Å²) in [5.74, 6) is -2.35. The molecule has 0 saturated carbocycles. The summed E-state index contributed by atoms with van der Waals surface area (Å²) in [5, 5.41) is 10.6. The molecule has 0 bridgehead atoms. The number of hydrogen-bond donors (Lipinski definition) is 3. The summed E-state index contributed by atoms with van der Waals surface area (Å²) >= 11 is 0. The summed E-state index contributed by atoms with van der Waals surface area (Å²) in [5.41, 5.74) is 0. The smallest absolute Gasteiger partial charge is 0.462 e. The molecule has 0 aromatic rings. The van der Waals surface area contributed by atoms with E-state index in [1.807, 2.05) is 24.3 Å². The minimum Gasteiger partial charge on any atom is -0.462 e. The molecule has 588 valence electrons. The first-order valence-corrected chi connectivity index (χ1v) is 42.0. The summed E-state index contributed by atoms with van der Waals surface area (Å²) in [6, 6.07) is 0. The fourth-order valence-corrected chi connectivity index (χ4v) is 11.1. The molecular formula is C85H136O17P2. The van der Waals surface area contributed by atoms with Crippen molar-refractivity contribution in [3.8, 4) is 0 Å². The van der Waals surface area contributed by atoms with Crippen molar-refractivity contribution in [2.24, 2.45) is 0 Å². The van der Waals surface area contributed by atoms with Crippen LogP contribution in [-0.4, -0.2) is 96.7 Å². The fourth-order valence-electron chi connectivity index (χ4n) is 9.52. The van der Waals surface area contributed by atoms with Gasteiger partial charge in [0.1, 0.15) is 19.3 Å². The molecule has 0 aliphatic carbocycles. The lowest BCUT2D eigenvalue weighted by atomic mass is 10.1. The second kappa shape index (κ2) is 75.4. The van der Waals surface area contributed by atoms with Crippen LogP contribution in [0.5, 0.6) is 0 Å². The zero-order valence-electron chi connectivity index (χ0n) is 64.1. The summed E-state index contributed by atoms with van der Waals surface area (Å²) in [6.45, 7) is 4.29. The van der Waals surface area contributed by atoms with Gasteiger partial charge < -0.3 is 33.8 Å². The second-order valence-electron chi connectivity index (χ2n) is 25.1. The average molecular weight is 1490 g/mol. The Morgan fingerprint density at radius 1 is 0.279 bits per heavy atom. The number of allylic oxidation sites excluding steroid dienone is 30. The highest BCUT2D eigenvalue weighted by molar-refractivity contribution is 7.47. The van der Waals surface area contributed by atoms with E-state index >= 15 is 0 Å². The van der Waals surface area contributed by atoms with E-state index in [-0.39, 0.29) is 25.7 Å². The van der Waals surface area contributed by atoms with E-state index in [1.165, 1.54) is 0 Å². The summed E-state index contributed by atoms with van der Waals surface area (Å²) in [6.07, 6.45) is 90.3. The molecule has 0 fully saturated rings. The van der Waals surface area contributed by atoms with Crippen molar-refractivity contribution in [3.63, 3.8) is 0 Å². The van der Waals surface area contributed by atoms with Gasteiger partial charge in [0, 0.05) is 25.7 Å². The molecule has 104 heavy (non-hydrogen) atoms. The third-order valence-corrected chi connectivity index (χ3v) is 17.2. The van der Waals surface area contributed by atoms with Crippen LogP contribution < -0.4 is 0 Å². The molecule has 0 aliphatic rings. The lowest BCUT2D eigenvalue weighted by Crippen LogP contribution is -2.30. The molecule has 0 aromatic carbocycles. The Bertz CT molecular complexity index is 2690. The molecule has 0 aromatic heterocycles. The minimum atomic E-state index is -5.01. The zero-order valence-corrected chi connectivity index (χ0v) is 65.9. The maximum Gasteiger partial charge on any atom is 0.472 e. The summed E-state index contributed by atoms with van der Waals surface area (Å²) in [7, 11) is -10.0. The van der Waals surface area contributed by atoms with Crippen LogP contribution in [0.1, 0.15) is 272 Å². The lowest BCUT2D eigenvalue weighted by Gasteiger charge is -2.21. The van der Waals surface area contributed by atoms with Gasteiger partial charge in [-0.3, -0.25) is 37.3 Å². The molecule has 0 aliphatic heterocycles. The number of carbonyl (C=O) groups is 4. The maximum atomic E-state index is 13.1. The number of carbonyl (C=O) groups excluding carboxylic acids is 4. The van der Waals surface area contributed by atoms with Gasteiger partial charge in [0.15, 0.2) is 12.2 Å². The molecule has 5 unspecified atom stereocenters. The van der Waals surface area contributed by atoms with E-state index in [0.29, 0.717) is 38.5 Å². The van der Waals surface area contributed by atoms with Crippen LogP contribution in [0, 0.1) is 0 Å². The van der Waals surface area contributed by atoms with Crippen LogP contribution in [-0.2, 0) is 65.4 Å². The predicted octanol–water partition coefficient (Wildman–Crippen LogP) is 22.8. The first-order chi connectivity index (χ1) is 50.7. The fraction of sp³-hybridized carbons (Fsp3) is 0.600. The van der Waals surface area contributed by atoms with Crippen molar-refractivity contribution in [1.82, 2.24) is 0 Å². The van der Waals surface area contributed by atoms with Crippen molar-refractivity contribution in [3.05, 3.63) is 182 Å². The van der Waals surface area contributed by atoms with E-state index < -0.39 is 97.5 Å². The molecule has 0 spiro atoms. The third-order valence-electron chi connectivity index (χ3n) is 15.3.